The number of halogens is 1. The first kappa shape index (κ1) is 20.3. The van der Waals surface area contributed by atoms with Gasteiger partial charge in [-0.15, -0.1) is 0 Å². The molecule has 0 atom stereocenters. The highest BCUT2D eigenvalue weighted by atomic mass is 19.1. The molecule has 0 bridgehead atoms. The van der Waals surface area contributed by atoms with Gasteiger partial charge in [-0.1, -0.05) is 28.9 Å². The smallest absolute Gasteiger partial charge is 0.250 e. The van der Waals surface area contributed by atoms with Crippen LogP contribution in [0.1, 0.15) is 22.6 Å². The van der Waals surface area contributed by atoms with Crippen molar-refractivity contribution in [2.45, 2.75) is 13.5 Å². The molecule has 1 aromatic heterocycles. The molecule has 0 radical (unpaired) electrons. The van der Waals surface area contributed by atoms with Gasteiger partial charge >= 0.3 is 0 Å². The molecule has 0 aliphatic carbocycles. The van der Waals surface area contributed by atoms with Crippen molar-refractivity contribution in [2.75, 3.05) is 7.11 Å². The van der Waals surface area contributed by atoms with E-state index in [2.05, 4.69) is 10.1 Å². The molecular weight excluding hydrogens is 395 g/mol. The largest absolute Gasteiger partial charge is 0.496 e. The summed E-state index contributed by atoms with van der Waals surface area (Å²) in [5.41, 5.74) is 3.72. The monoisotopic (exact) mass is 416 g/mol. The summed E-state index contributed by atoms with van der Waals surface area (Å²) in [5.74, 6) is 2.00. The van der Waals surface area contributed by atoms with E-state index in [4.69, 9.17) is 14.0 Å². The Morgan fingerprint density at radius 2 is 1.74 bits per heavy atom. The van der Waals surface area contributed by atoms with Gasteiger partial charge in [-0.05, 0) is 67.1 Å². The number of nitrogens with zero attached hydrogens (tertiary/aromatic N) is 2. The summed E-state index contributed by atoms with van der Waals surface area (Å²) in [5, 5.41) is 3.94. The molecule has 0 N–H and O–H groups in total. The maximum Gasteiger partial charge on any atom is 0.250 e. The van der Waals surface area contributed by atoms with Crippen LogP contribution in [-0.4, -0.2) is 17.3 Å². The lowest BCUT2D eigenvalue weighted by atomic mass is 10.1. The molecule has 156 valence electrons. The Hall–Kier alpha value is -3.93. The molecule has 0 amide bonds. The van der Waals surface area contributed by atoms with Crippen LogP contribution in [-0.2, 0) is 6.61 Å². The molecule has 6 heteroatoms. The van der Waals surface area contributed by atoms with E-state index >= 15 is 0 Å². The molecule has 0 aliphatic rings. The fourth-order valence-corrected chi connectivity index (χ4v) is 3.00. The van der Waals surface area contributed by atoms with Crippen LogP contribution in [0.2, 0.25) is 0 Å². The zero-order chi connectivity index (χ0) is 21.6. The highest BCUT2D eigenvalue weighted by Crippen LogP contribution is 2.24. The van der Waals surface area contributed by atoms with Gasteiger partial charge in [-0.3, -0.25) is 0 Å². The molecule has 4 aromatic rings. The van der Waals surface area contributed by atoms with Crippen molar-refractivity contribution in [3.63, 3.8) is 0 Å². The number of hydrogen-bond donors (Lipinski definition) is 0. The first-order valence-corrected chi connectivity index (χ1v) is 9.75. The zero-order valence-corrected chi connectivity index (χ0v) is 17.2. The predicted octanol–water partition coefficient (Wildman–Crippen LogP) is 5.94. The number of aromatic nitrogens is 2. The Kier molecular flexibility index (Phi) is 6.08. The number of methoxy groups -OCH3 is 1. The molecule has 4 rings (SSSR count). The number of aryl methyl sites for hydroxylation is 1. The number of benzene rings is 3. The second kappa shape index (κ2) is 9.26. The summed E-state index contributed by atoms with van der Waals surface area (Å²) in [7, 11) is 1.63. The van der Waals surface area contributed by atoms with E-state index in [0.29, 0.717) is 23.9 Å². The Labute approximate surface area is 179 Å². The van der Waals surface area contributed by atoms with E-state index in [0.717, 1.165) is 22.6 Å². The van der Waals surface area contributed by atoms with E-state index < -0.39 is 0 Å². The van der Waals surface area contributed by atoms with Gasteiger partial charge in [0.2, 0.25) is 5.82 Å². The minimum atomic E-state index is -0.311. The maximum absolute atomic E-state index is 13.1. The highest BCUT2D eigenvalue weighted by molar-refractivity contribution is 5.68. The second-order valence-electron chi connectivity index (χ2n) is 6.97. The van der Waals surface area contributed by atoms with Gasteiger partial charge in [0.25, 0.3) is 5.89 Å². The zero-order valence-electron chi connectivity index (χ0n) is 17.2. The van der Waals surface area contributed by atoms with Gasteiger partial charge in [0.15, 0.2) is 0 Å². The third kappa shape index (κ3) is 5.17. The molecule has 1 heterocycles. The highest BCUT2D eigenvalue weighted by Gasteiger charge is 2.08. The lowest BCUT2D eigenvalue weighted by Crippen LogP contribution is -1.99. The topological polar surface area (TPSA) is 57.4 Å². The summed E-state index contributed by atoms with van der Waals surface area (Å²) in [6, 6.07) is 19.7. The first-order chi connectivity index (χ1) is 15.1. The normalized spacial score (nSPS) is 11.1. The lowest BCUT2D eigenvalue weighted by Gasteiger charge is -2.11. The van der Waals surface area contributed by atoms with Crippen LogP contribution in [0.25, 0.3) is 23.5 Å². The van der Waals surface area contributed by atoms with Crippen molar-refractivity contribution >= 4 is 12.2 Å². The fraction of sp³-hybridized carbons (Fsp3) is 0.120. The van der Waals surface area contributed by atoms with Crippen molar-refractivity contribution in [3.8, 4) is 22.9 Å². The summed E-state index contributed by atoms with van der Waals surface area (Å²) in [6.07, 6.45) is 3.60. The number of ether oxygens (including phenoxy) is 2. The summed E-state index contributed by atoms with van der Waals surface area (Å²) in [4.78, 5) is 4.33. The van der Waals surface area contributed by atoms with Crippen LogP contribution in [0.5, 0.6) is 11.5 Å². The van der Waals surface area contributed by atoms with Crippen LogP contribution in [0.3, 0.4) is 0 Å². The van der Waals surface area contributed by atoms with Gasteiger partial charge in [0.1, 0.15) is 23.9 Å². The number of hydrogen-bond acceptors (Lipinski definition) is 5. The molecule has 31 heavy (non-hydrogen) atoms. The average molecular weight is 416 g/mol. The van der Waals surface area contributed by atoms with Gasteiger partial charge < -0.3 is 14.0 Å². The van der Waals surface area contributed by atoms with Gasteiger partial charge in [0.05, 0.1) is 7.11 Å². The SMILES string of the molecule is COc1ccc(/C=C\c2nc(-c3ccc(F)cc3)no2)cc1COc1ccc(C)cc1. The summed E-state index contributed by atoms with van der Waals surface area (Å²) in [6.45, 7) is 2.41. The standard InChI is InChI=1S/C25H21FN2O3/c1-17-3-11-22(12-4-17)30-16-20-15-18(5-13-23(20)29-2)6-14-24-27-25(28-31-24)19-7-9-21(26)10-8-19/h3-15H,16H2,1-2H3/b14-6-. The molecule has 0 spiro atoms. The third-order valence-corrected chi connectivity index (χ3v) is 4.68. The van der Waals surface area contributed by atoms with Crippen molar-refractivity contribution in [3.05, 3.63) is 95.1 Å². The summed E-state index contributed by atoms with van der Waals surface area (Å²) < 4.78 is 29.7. The molecule has 0 aliphatic heterocycles. The quantitative estimate of drug-likeness (QED) is 0.373. The second-order valence-corrected chi connectivity index (χ2v) is 6.97. The van der Waals surface area contributed by atoms with E-state index in [1.165, 1.54) is 17.7 Å². The van der Waals surface area contributed by atoms with Crippen LogP contribution in [0, 0.1) is 12.7 Å². The van der Waals surface area contributed by atoms with Gasteiger partial charge in [0, 0.05) is 17.2 Å². The summed E-state index contributed by atoms with van der Waals surface area (Å²) >= 11 is 0. The van der Waals surface area contributed by atoms with Crippen molar-refractivity contribution in [1.29, 1.82) is 0 Å². The van der Waals surface area contributed by atoms with Crippen LogP contribution < -0.4 is 9.47 Å². The Bertz CT molecular complexity index is 1180. The Morgan fingerprint density at radius 1 is 0.968 bits per heavy atom. The predicted molar refractivity (Wildman–Crippen MR) is 117 cm³/mol. The van der Waals surface area contributed by atoms with Crippen LogP contribution in [0.15, 0.2) is 71.3 Å². The third-order valence-electron chi connectivity index (χ3n) is 4.68. The van der Waals surface area contributed by atoms with Crippen molar-refractivity contribution in [1.82, 2.24) is 10.1 Å². The van der Waals surface area contributed by atoms with Crippen LogP contribution in [0.4, 0.5) is 4.39 Å². The molecular formula is C25H21FN2O3. The maximum atomic E-state index is 13.1. The molecule has 0 saturated heterocycles. The average Bonchev–Trinajstić information content (AvgIpc) is 3.27. The fourth-order valence-electron chi connectivity index (χ4n) is 3.00. The molecule has 0 saturated carbocycles. The molecule has 0 fully saturated rings. The lowest BCUT2D eigenvalue weighted by molar-refractivity contribution is 0.296. The van der Waals surface area contributed by atoms with Crippen molar-refractivity contribution < 1.29 is 18.4 Å². The molecule has 3 aromatic carbocycles. The Morgan fingerprint density at radius 3 is 2.48 bits per heavy atom. The Balaban J connectivity index is 1.48. The first-order valence-electron chi connectivity index (χ1n) is 9.75. The number of rotatable bonds is 7. The van der Waals surface area contributed by atoms with Gasteiger partial charge in [-0.2, -0.15) is 4.98 Å². The van der Waals surface area contributed by atoms with E-state index in [1.54, 1.807) is 25.3 Å². The van der Waals surface area contributed by atoms with E-state index in [1.807, 2.05) is 55.5 Å². The van der Waals surface area contributed by atoms with Gasteiger partial charge in [-0.25, -0.2) is 4.39 Å². The minimum absolute atomic E-state index is 0.311. The van der Waals surface area contributed by atoms with Crippen molar-refractivity contribution in [2.24, 2.45) is 0 Å². The molecule has 5 nitrogen and oxygen atoms in total. The minimum Gasteiger partial charge on any atom is -0.496 e. The molecule has 0 unspecified atom stereocenters. The van der Waals surface area contributed by atoms with E-state index in [-0.39, 0.29) is 5.82 Å². The van der Waals surface area contributed by atoms with Crippen LogP contribution >= 0.6 is 0 Å². The van der Waals surface area contributed by atoms with E-state index in [9.17, 15) is 4.39 Å².